The molecule has 4 rings (SSSR count). The Hall–Kier alpha value is -3.35. The molecule has 33 heavy (non-hydrogen) atoms. The highest BCUT2D eigenvalue weighted by Gasteiger charge is 2.56. The quantitative estimate of drug-likeness (QED) is 0.298. The molecule has 1 unspecified atom stereocenters. The number of oxazole rings is 1. The first kappa shape index (κ1) is 22.8. The molecule has 1 aliphatic rings. The van der Waals surface area contributed by atoms with Gasteiger partial charge in [-0.2, -0.15) is 0 Å². The number of aliphatic hydroxyl groups excluding tert-OH is 3. The summed E-state index contributed by atoms with van der Waals surface area (Å²) in [4.78, 5) is 15.7. The third-order valence-electron chi connectivity index (χ3n) is 5.47. The lowest BCUT2D eigenvalue weighted by Crippen LogP contribution is -2.64. The second-order valence-electron chi connectivity index (χ2n) is 7.66. The summed E-state index contributed by atoms with van der Waals surface area (Å²) >= 11 is 0. The van der Waals surface area contributed by atoms with Gasteiger partial charge in [0, 0.05) is 16.7 Å². The number of ether oxygens (including phenoxy) is 1. The molecule has 5 atom stereocenters. The molecular formula is C22H20FNO9. The molecule has 1 saturated heterocycles. The fourth-order valence-electron chi connectivity index (χ4n) is 3.74. The zero-order chi connectivity index (χ0) is 24.1. The van der Waals surface area contributed by atoms with Crippen molar-refractivity contribution in [3.63, 3.8) is 0 Å². The molecule has 0 amide bonds. The van der Waals surface area contributed by atoms with Crippen molar-refractivity contribution in [2.45, 2.75) is 36.6 Å². The maximum Gasteiger partial charge on any atom is 0.335 e. The standard InChI is InChI=1S/C22H20FNO9/c1-2-3-9-6-11(22(31)19(28)16(27)15(26)18(33-22)21(29)30)8-13-17(9)32-20(24-13)10-4-5-14(25)12(23)7-10/h2,4-8,15-16,18-19,25-28,31H,1,3H2,(H,29,30)/t15-,16-,18-,19+,22?/m0/s1. The highest BCUT2D eigenvalue weighted by molar-refractivity contribution is 5.81. The van der Waals surface area contributed by atoms with E-state index < -0.39 is 47.7 Å². The Kier molecular flexibility index (Phi) is 5.68. The van der Waals surface area contributed by atoms with Gasteiger partial charge in [0.05, 0.1) is 0 Å². The van der Waals surface area contributed by atoms with Crippen LogP contribution in [-0.2, 0) is 21.7 Å². The van der Waals surface area contributed by atoms with Gasteiger partial charge in [0.25, 0.3) is 0 Å². The van der Waals surface area contributed by atoms with Crippen molar-refractivity contribution in [3.8, 4) is 17.2 Å². The lowest BCUT2D eigenvalue weighted by molar-refractivity contribution is -0.349. The van der Waals surface area contributed by atoms with Crippen LogP contribution in [0.3, 0.4) is 0 Å². The number of hydrogen-bond donors (Lipinski definition) is 6. The molecule has 3 aromatic rings. The minimum atomic E-state index is -2.71. The Bertz CT molecular complexity index is 1240. The van der Waals surface area contributed by atoms with E-state index in [1.54, 1.807) is 0 Å². The van der Waals surface area contributed by atoms with Gasteiger partial charge in [-0.05, 0) is 36.8 Å². The zero-order valence-electron chi connectivity index (χ0n) is 16.9. The van der Waals surface area contributed by atoms with E-state index in [9.17, 15) is 39.8 Å². The zero-order valence-corrected chi connectivity index (χ0v) is 16.9. The van der Waals surface area contributed by atoms with Gasteiger partial charge in [-0.3, -0.25) is 0 Å². The molecule has 2 aromatic carbocycles. The molecule has 174 valence electrons. The number of aromatic nitrogens is 1. The Morgan fingerprint density at radius 2 is 1.94 bits per heavy atom. The summed E-state index contributed by atoms with van der Waals surface area (Å²) in [6.45, 7) is 3.65. The van der Waals surface area contributed by atoms with Gasteiger partial charge >= 0.3 is 5.97 Å². The molecule has 0 bridgehead atoms. The summed E-state index contributed by atoms with van der Waals surface area (Å²) in [5, 5.41) is 60.3. The average Bonchev–Trinajstić information content (AvgIpc) is 3.21. The normalized spacial score (nSPS) is 27.5. The number of fused-ring (bicyclic) bond motifs is 1. The van der Waals surface area contributed by atoms with Crippen LogP contribution in [0.4, 0.5) is 4.39 Å². The van der Waals surface area contributed by atoms with Crippen molar-refractivity contribution in [2.24, 2.45) is 0 Å². The number of hydrogen-bond acceptors (Lipinski definition) is 9. The molecule has 1 aromatic heterocycles. The molecule has 1 aliphatic heterocycles. The van der Waals surface area contributed by atoms with Crippen LogP contribution in [0.5, 0.6) is 5.75 Å². The number of carbonyl (C=O) groups is 1. The van der Waals surface area contributed by atoms with Crippen LogP contribution < -0.4 is 0 Å². The number of aliphatic hydroxyl groups is 4. The molecule has 6 N–H and O–H groups in total. The van der Waals surface area contributed by atoms with E-state index in [0.29, 0.717) is 5.56 Å². The van der Waals surface area contributed by atoms with Crippen LogP contribution in [0, 0.1) is 5.82 Å². The lowest BCUT2D eigenvalue weighted by Gasteiger charge is -2.44. The van der Waals surface area contributed by atoms with E-state index in [0.717, 1.165) is 12.1 Å². The maximum absolute atomic E-state index is 13.8. The van der Waals surface area contributed by atoms with Crippen molar-refractivity contribution < 1.29 is 49.0 Å². The van der Waals surface area contributed by atoms with Crippen LogP contribution in [-0.4, -0.2) is 66.0 Å². The topological polar surface area (TPSA) is 174 Å². The van der Waals surface area contributed by atoms with Crippen LogP contribution in [0.25, 0.3) is 22.6 Å². The number of phenols is 1. The third kappa shape index (κ3) is 3.75. The van der Waals surface area contributed by atoms with Gasteiger partial charge in [0.15, 0.2) is 23.3 Å². The number of allylic oxidation sites excluding steroid dienone is 1. The van der Waals surface area contributed by atoms with E-state index >= 15 is 0 Å². The highest BCUT2D eigenvalue weighted by atomic mass is 19.1. The minimum absolute atomic E-state index is 0.0117. The fourth-order valence-corrected chi connectivity index (χ4v) is 3.74. The van der Waals surface area contributed by atoms with Gasteiger partial charge in [-0.15, -0.1) is 6.58 Å². The Labute approximate surface area is 185 Å². The maximum atomic E-state index is 13.8. The summed E-state index contributed by atoms with van der Waals surface area (Å²) in [6, 6.07) is 6.13. The number of carboxylic acid groups (broad SMARTS) is 1. The van der Waals surface area contributed by atoms with Crippen LogP contribution in [0.15, 0.2) is 47.4 Å². The molecule has 2 heterocycles. The summed E-state index contributed by atoms with van der Waals surface area (Å²) in [6.07, 6.45) is -6.44. The van der Waals surface area contributed by atoms with E-state index in [2.05, 4.69) is 11.6 Å². The summed E-state index contributed by atoms with van der Waals surface area (Å²) in [5.41, 5.74) is 0.848. The van der Waals surface area contributed by atoms with E-state index in [-0.39, 0.29) is 34.5 Å². The Morgan fingerprint density at radius 3 is 2.58 bits per heavy atom. The molecule has 0 saturated carbocycles. The number of carboxylic acids is 1. The second-order valence-corrected chi connectivity index (χ2v) is 7.66. The molecule has 11 heteroatoms. The molecule has 1 fully saturated rings. The Morgan fingerprint density at radius 1 is 1.21 bits per heavy atom. The number of aliphatic carboxylic acids is 1. The number of rotatable bonds is 5. The smallest absolute Gasteiger partial charge is 0.335 e. The summed E-state index contributed by atoms with van der Waals surface area (Å²) in [5.74, 6) is -5.82. The number of halogens is 1. The van der Waals surface area contributed by atoms with Gasteiger partial charge in [0.1, 0.15) is 23.8 Å². The fraction of sp³-hybridized carbons (Fsp3) is 0.273. The lowest BCUT2D eigenvalue weighted by atomic mass is 9.87. The largest absolute Gasteiger partial charge is 0.505 e. The van der Waals surface area contributed by atoms with Crippen molar-refractivity contribution >= 4 is 17.1 Å². The summed E-state index contributed by atoms with van der Waals surface area (Å²) in [7, 11) is 0. The van der Waals surface area contributed by atoms with Crippen molar-refractivity contribution in [2.75, 3.05) is 0 Å². The van der Waals surface area contributed by atoms with E-state index in [1.165, 1.54) is 24.3 Å². The average molecular weight is 461 g/mol. The van der Waals surface area contributed by atoms with E-state index in [4.69, 9.17) is 9.15 Å². The molecular weight excluding hydrogens is 441 g/mol. The molecule has 0 aliphatic carbocycles. The number of nitrogens with zero attached hydrogens (tertiary/aromatic N) is 1. The first-order valence-electron chi connectivity index (χ1n) is 9.77. The monoisotopic (exact) mass is 461 g/mol. The van der Waals surface area contributed by atoms with Gasteiger partial charge in [-0.1, -0.05) is 6.08 Å². The predicted molar refractivity (Wildman–Crippen MR) is 109 cm³/mol. The Balaban J connectivity index is 1.86. The summed E-state index contributed by atoms with van der Waals surface area (Å²) < 4.78 is 24.7. The number of benzene rings is 2. The first-order valence-corrected chi connectivity index (χ1v) is 9.77. The van der Waals surface area contributed by atoms with Gasteiger partial charge in [0.2, 0.25) is 11.7 Å². The van der Waals surface area contributed by atoms with E-state index in [1.807, 2.05) is 0 Å². The molecule has 0 spiro atoms. The number of phenolic OH excluding ortho intramolecular Hbond substituents is 1. The first-order chi connectivity index (χ1) is 15.6. The van der Waals surface area contributed by atoms with Crippen molar-refractivity contribution in [1.82, 2.24) is 4.98 Å². The van der Waals surface area contributed by atoms with Crippen LogP contribution >= 0.6 is 0 Å². The third-order valence-corrected chi connectivity index (χ3v) is 5.47. The minimum Gasteiger partial charge on any atom is -0.505 e. The van der Waals surface area contributed by atoms with Gasteiger partial charge in [-0.25, -0.2) is 14.2 Å². The van der Waals surface area contributed by atoms with Crippen molar-refractivity contribution in [1.29, 1.82) is 0 Å². The number of aromatic hydroxyl groups is 1. The van der Waals surface area contributed by atoms with Gasteiger partial charge < -0.3 is 39.8 Å². The molecule has 10 nitrogen and oxygen atoms in total. The van der Waals surface area contributed by atoms with Crippen LogP contribution in [0.2, 0.25) is 0 Å². The highest BCUT2D eigenvalue weighted by Crippen LogP contribution is 2.39. The molecule has 0 radical (unpaired) electrons. The van der Waals surface area contributed by atoms with Crippen LogP contribution in [0.1, 0.15) is 11.1 Å². The SMILES string of the molecule is C=CCc1cc(C2(O)O[C@H](C(=O)O)[C@@H](O)[C@H](O)[C@H]2O)cc2nc(-c3ccc(O)c(F)c3)oc12. The predicted octanol–water partition coefficient (Wildman–Crippen LogP) is 0.779. The second kappa shape index (κ2) is 8.21. The van der Waals surface area contributed by atoms with Crippen molar-refractivity contribution in [3.05, 3.63) is 59.9 Å².